The highest BCUT2D eigenvalue weighted by molar-refractivity contribution is 5.92. The quantitative estimate of drug-likeness (QED) is 0.906. The van der Waals surface area contributed by atoms with Crippen molar-refractivity contribution in [2.45, 2.75) is 25.8 Å². The van der Waals surface area contributed by atoms with Crippen molar-refractivity contribution in [3.8, 4) is 0 Å². The third-order valence-electron chi connectivity index (χ3n) is 4.02. The Labute approximate surface area is 125 Å². The lowest BCUT2D eigenvalue weighted by atomic mass is 9.92. The number of benzene rings is 2. The fourth-order valence-corrected chi connectivity index (χ4v) is 2.87. The van der Waals surface area contributed by atoms with Crippen molar-refractivity contribution < 1.29 is 4.79 Å². The molecule has 3 heteroatoms. The molecule has 2 aromatic rings. The maximum absolute atomic E-state index is 12.3. The third-order valence-corrected chi connectivity index (χ3v) is 4.02. The average molecular weight is 280 g/mol. The molecule has 0 fully saturated rings. The molecule has 0 saturated carbocycles. The first kappa shape index (κ1) is 13.8. The molecule has 0 aromatic heterocycles. The van der Waals surface area contributed by atoms with Gasteiger partial charge in [-0.25, -0.2) is 0 Å². The van der Waals surface area contributed by atoms with Gasteiger partial charge >= 0.3 is 0 Å². The fourth-order valence-electron chi connectivity index (χ4n) is 2.87. The van der Waals surface area contributed by atoms with E-state index in [-0.39, 0.29) is 11.9 Å². The zero-order valence-corrected chi connectivity index (χ0v) is 12.2. The van der Waals surface area contributed by atoms with E-state index in [0.29, 0.717) is 6.42 Å². The number of fused-ring (bicyclic) bond motifs is 1. The molecule has 2 aromatic carbocycles. The van der Waals surface area contributed by atoms with Crippen molar-refractivity contribution in [3.63, 3.8) is 0 Å². The van der Waals surface area contributed by atoms with Crippen molar-refractivity contribution >= 4 is 11.6 Å². The number of carbonyl (C=O) groups excluding carboxylic acids is 1. The second-order valence-electron chi connectivity index (χ2n) is 5.52. The van der Waals surface area contributed by atoms with Crippen LogP contribution in [0.15, 0.2) is 48.5 Å². The minimum absolute atomic E-state index is 0.0542. The Morgan fingerprint density at radius 3 is 2.81 bits per heavy atom. The van der Waals surface area contributed by atoms with Gasteiger partial charge in [0, 0.05) is 18.2 Å². The van der Waals surface area contributed by atoms with Gasteiger partial charge in [-0.05, 0) is 42.6 Å². The first-order chi connectivity index (χ1) is 10.2. The summed E-state index contributed by atoms with van der Waals surface area (Å²) in [4.78, 5) is 12.3. The number of hydrogen-bond donors (Lipinski definition) is 2. The lowest BCUT2D eigenvalue weighted by Gasteiger charge is -2.26. The molecule has 3 rings (SSSR count). The van der Waals surface area contributed by atoms with Gasteiger partial charge < -0.3 is 10.6 Å². The van der Waals surface area contributed by atoms with Crippen molar-refractivity contribution in [1.82, 2.24) is 5.32 Å². The molecule has 1 aliphatic heterocycles. The predicted molar refractivity (Wildman–Crippen MR) is 85.3 cm³/mol. The van der Waals surface area contributed by atoms with Crippen LogP contribution in [0.5, 0.6) is 0 Å². The monoisotopic (exact) mass is 280 g/mol. The lowest BCUT2D eigenvalue weighted by Crippen LogP contribution is -2.32. The first-order valence-electron chi connectivity index (χ1n) is 7.41. The molecule has 2 N–H and O–H groups in total. The molecular weight excluding hydrogens is 260 g/mol. The van der Waals surface area contributed by atoms with E-state index >= 15 is 0 Å². The zero-order valence-electron chi connectivity index (χ0n) is 12.2. The number of amides is 1. The Kier molecular flexibility index (Phi) is 4.02. The summed E-state index contributed by atoms with van der Waals surface area (Å²) in [6.07, 6.45) is 1.50. The number of anilines is 1. The molecule has 1 heterocycles. The number of rotatable bonds is 3. The summed E-state index contributed by atoms with van der Waals surface area (Å²) >= 11 is 0. The Balaban J connectivity index is 1.70. The first-order valence-corrected chi connectivity index (χ1v) is 7.41. The van der Waals surface area contributed by atoms with E-state index in [0.717, 1.165) is 24.2 Å². The minimum atomic E-state index is 0.0542. The van der Waals surface area contributed by atoms with Crippen LogP contribution in [0, 0.1) is 6.92 Å². The standard InChI is InChI=1S/C18H20N2O/c1-13-6-2-5-9-16(13)20-18(21)12-17-15-8-4-3-7-14(15)10-11-19-17/h2-9,17,19H,10-12H2,1H3,(H,20,21). The summed E-state index contributed by atoms with van der Waals surface area (Å²) in [5, 5.41) is 6.46. The summed E-state index contributed by atoms with van der Waals surface area (Å²) in [6.45, 7) is 2.93. The Morgan fingerprint density at radius 1 is 1.19 bits per heavy atom. The van der Waals surface area contributed by atoms with Crippen LogP contribution in [0.1, 0.15) is 29.2 Å². The van der Waals surface area contributed by atoms with Crippen LogP contribution >= 0.6 is 0 Å². The third kappa shape index (κ3) is 3.14. The summed E-state index contributed by atoms with van der Waals surface area (Å²) in [5.41, 5.74) is 4.59. The second kappa shape index (κ2) is 6.10. The van der Waals surface area contributed by atoms with Gasteiger partial charge in [-0.2, -0.15) is 0 Å². The van der Waals surface area contributed by atoms with E-state index in [1.807, 2.05) is 37.3 Å². The molecule has 1 unspecified atom stereocenters. The molecule has 21 heavy (non-hydrogen) atoms. The van der Waals surface area contributed by atoms with E-state index in [4.69, 9.17) is 0 Å². The Hall–Kier alpha value is -2.13. The number of carbonyl (C=O) groups is 1. The number of hydrogen-bond acceptors (Lipinski definition) is 2. The number of para-hydroxylation sites is 1. The molecule has 3 nitrogen and oxygen atoms in total. The van der Waals surface area contributed by atoms with Crippen LogP contribution in [0.4, 0.5) is 5.69 Å². The molecule has 1 amide bonds. The summed E-state index contributed by atoms with van der Waals surface area (Å²) < 4.78 is 0. The maximum atomic E-state index is 12.3. The lowest BCUT2D eigenvalue weighted by molar-refractivity contribution is -0.116. The highest BCUT2D eigenvalue weighted by Gasteiger charge is 2.21. The van der Waals surface area contributed by atoms with Gasteiger partial charge in [-0.1, -0.05) is 42.5 Å². The van der Waals surface area contributed by atoms with E-state index in [1.54, 1.807) is 0 Å². The fraction of sp³-hybridized carbons (Fsp3) is 0.278. The molecule has 1 aliphatic rings. The van der Waals surface area contributed by atoms with Crippen molar-refractivity contribution in [1.29, 1.82) is 0 Å². The van der Waals surface area contributed by atoms with Crippen molar-refractivity contribution in [2.75, 3.05) is 11.9 Å². The zero-order chi connectivity index (χ0) is 14.7. The minimum Gasteiger partial charge on any atom is -0.326 e. The van der Waals surface area contributed by atoms with Gasteiger partial charge in [0.15, 0.2) is 0 Å². The van der Waals surface area contributed by atoms with Gasteiger partial charge in [0.05, 0.1) is 0 Å². The van der Waals surface area contributed by atoms with Crippen LogP contribution in [-0.4, -0.2) is 12.5 Å². The molecule has 0 aliphatic carbocycles. The smallest absolute Gasteiger partial charge is 0.226 e. The average Bonchev–Trinajstić information content (AvgIpc) is 2.50. The van der Waals surface area contributed by atoms with Gasteiger partial charge in [0.25, 0.3) is 0 Å². The Morgan fingerprint density at radius 2 is 1.95 bits per heavy atom. The molecule has 0 radical (unpaired) electrons. The number of aryl methyl sites for hydroxylation is 1. The molecule has 0 bridgehead atoms. The topological polar surface area (TPSA) is 41.1 Å². The van der Waals surface area contributed by atoms with Crippen LogP contribution in [0.25, 0.3) is 0 Å². The van der Waals surface area contributed by atoms with Crippen LogP contribution < -0.4 is 10.6 Å². The molecule has 108 valence electrons. The predicted octanol–water partition coefficient (Wildman–Crippen LogP) is 3.21. The van der Waals surface area contributed by atoms with Crippen LogP contribution in [0.2, 0.25) is 0 Å². The summed E-state index contributed by atoms with van der Waals surface area (Å²) in [6, 6.07) is 16.3. The van der Waals surface area contributed by atoms with Crippen LogP contribution in [0.3, 0.4) is 0 Å². The summed E-state index contributed by atoms with van der Waals surface area (Å²) in [5.74, 6) is 0.0542. The van der Waals surface area contributed by atoms with E-state index in [9.17, 15) is 4.79 Å². The van der Waals surface area contributed by atoms with Gasteiger partial charge in [-0.15, -0.1) is 0 Å². The Bertz CT molecular complexity index is 651. The van der Waals surface area contributed by atoms with Gasteiger partial charge in [0.2, 0.25) is 5.91 Å². The second-order valence-corrected chi connectivity index (χ2v) is 5.52. The molecule has 0 saturated heterocycles. The normalized spacial score (nSPS) is 17.1. The van der Waals surface area contributed by atoms with E-state index in [1.165, 1.54) is 11.1 Å². The van der Waals surface area contributed by atoms with Gasteiger partial charge in [-0.3, -0.25) is 4.79 Å². The SMILES string of the molecule is Cc1ccccc1NC(=O)CC1NCCc2ccccc21. The highest BCUT2D eigenvalue weighted by Crippen LogP contribution is 2.25. The van der Waals surface area contributed by atoms with Crippen molar-refractivity contribution in [2.24, 2.45) is 0 Å². The summed E-state index contributed by atoms with van der Waals surface area (Å²) in [7, 11) is 0. The van der Waals surface area contributed by atoms with E-state index < -0.39 is 0 Å². The molecule has 0 spiro atoms. The van der Waals surface area contributed by atoms with Crippen molar-refractivity contribution in [3.05, 3.63) is 65.2 Å². The van der Waals surface area contributed by atoms with Crippen LogP contribution in [-0.2, 0) is 11.2 Å². The van der Waals surface area contributed by atoms with E-state index in [2.05, 4.69) is 28.8 Å². The van der Waals surface area contributed by atoms with Gasteiger partial charge in [0.1, 0.15) is 0 Å². The number of nitrogens with one attached hydrogen (secondary N) is 2. The highest BCUT2D eigenvalue weighted by atomic mass is 16.1. The largest absolute Gasteiger partial charge is 0.326 e. The molecular formula is C18H20N2O. The maximum Gasteiger partial charge on any atom is 0.226 e. The molecule has 1 atom stereocenters.